The Hall–Kier alpha value is -1.35. The average molecular weight is 273 g/mol. The standard InChI is InChI=1S/C15H20BNO3/c1-10(18)12-8-6-7-11(9-17)13(12)16-19-14(2,3)15(4,5)20-16/h6-8,10,18H,1-5H3. The predicted octanol–water partition coefficient (Wildman–Crippen LogP) is 1.91. The lowest BCUT2D eigenvalue weighted by molar-refractivity contribution is 0.00578. The summed E-state index contributed by atoms with van der Waals surface area (Å²) < 4.78 is 12.0. The molecule has 1 aromatic rings. The molecule has 4 nitrogen and oxygen atoms in total. The Kier molecular flexibility index (Phi) is 3.68. The first-order valence-electron chi connectivity index (χ1n) is 6.76. The summed E-state index contributed by atoms with van der Waals surface area (Å²) in [6, 6.07) is 7.42. The van der Waals surface area contributed by atoms with E-state index in [0.717, 1.165) is 0 Å². The number of hydrogen-bond donors (Lipinski definition) is 1. The van der Waals surface area contributed by atoms with Crippen LogP contribution in [0, 0.1) is 11.3 Å². The van der Waals surface area contributed by atoms with Gasteiger partial charge in [0, 0.05) is 5.46 Å². The summed E-state index contributed by atoms with van der Waals surface area (Å²) in [7, 11) is -0.638. The Morgan fingerprint density at radius 3 is 2.20 bits per heavy atom. The molecular weight excluding hydrogens is 253 g/mol. The summed E-state index contributed by atoms with van der Waals surface area (Å²) in [5, 5.41) is 19.2. The Morgan fingerprint density at radius 2 is 1.75 bits per heavy atom. The molecule has 0 bridgehead atoms. The van der Waals surface area contributed by atoms with Crippen molar-refractivity contribution in [1.82, 2.24) is 0 Å². The first-order valence-corrected chi connectivity index (χ1v) is 6.76. The van der Waals surface area contributed by atoms with Gasteiger partial charge in [-0.2, -0.15) is 5.26 Å². The molecule has 0 saturated carbocycles. The second kappa shape index (κ2) is 4.89. The van der Waals surface area contributed by atoms with Gasteiger partial charge in [-0.15, -0.1) is 0 Å². The number of rotatable bonds is 2. The monoisotopic (exact) mass is 273 g/mol. The molecule has 1 heterocycles. The lowest BCUT2D eigenvalue weighted by Gasteiger charge is -2.32. The second-order valence-electron chi connectivity index (χ2n) is 6.18. The maximum absolute atomic E-state index is 9.92. The van der Waals surface area contributed by atoms with E-state index in [1.165, 1.54) is 0 Å². The molecule has 0 aromatic heterocycles. The molecule has 1 aliphatic heterocycles. The first kappa shape index (κ1) is 15.1. The van der Waals surface area contributed by atoms with E-state index in [1.54, 1.807) is 25.1 Å². The van der Waals surface area contributed by atoms with Crippen molar-refractivity contribution in [2.45, 2.75) is 51.9 Å². The molecule has 5 heteroatoms. The Bertz CT molecular complexity index is 545. The second-order valence-corrected chi connectivity index (χ2v) is 6.18. The van der Waals surface area contributed by atoms with Crippen LogP contribution in [0.25, 0.3) is 0 Å². The van der Waals surface area contributed by atoms with Gasteiger partial charge in [-0.1, -0.05) is 12.1 Å². The Morgan fingerprint density at radius 1 is 1.20 bits per heavy atom. The van der Waals surface area contributed by atoms with Crippen molar-refractivity contribution in [3.63, 3.8) is 0 Å². The van der Waals surface area contributed by atoms with Crippen LogP contribution in [0.5, 0.6) is 0 Å². The Balaban J connectivity index is 2.52. The molecule has 0 amide bonds. The summed E-state index contributed by atoms with van der Waals surface area (Å²) in [5.41, 5.74) is 0.819. The molecule has 20 heavy (non-hydrogen) atoms. The highest BCUT2D eigenvalue weighted by Gasteiger charge is 2.52. The van der Waals surface area contributed by atoms with Crippen LogP contribution in [0.2, 0.25) is 0 Å². The van der Waals surface area contributed by atoms with E-state index >= 15 is 0 Å². The highest BCUT2D eigenvalue weighted by Crippen LogP contribution is 2.37. The zero-order valence-electron chi connectivity index (χ0n) is 12.6. The van der Waals surface area contributed by atoms with Gasteiger partial charge in [0.15, 0.2) is 0 Å². The molecule has 1 saturated heterocycles. The van der Waals surface area contributed by atoms with Crippen LogP contribution in [-0.4, -0.2) is 23.4 Å². The SMILES string of the molecule is CC(O)c1cccc(C#N)c1B1OC(C)(C)C(C)(C)O1. The maximum atomic E-state index is 9.92. The molecule has 106 valence electrons. The van der Waals surface area contributed by atoms with Gasteiger partial charge in [0.05, 0.1) is 28.9 Å². The van der Waals surface area contributed by atoms with E-state index < -0.39 is 24.4 Å². The molecule has 0 radical (unpaired) electrons. The number of nitrogens with zero attached hydrogens (tertiary/aromatic N) is 1. The summed E-state index contributed by atoms with van der Waals surface area (Å²) in [4.78, 5) is 0. The number of benzene rings is 1. The fraction of sp³-hybridized carbons (Fsp3) is 0.533. The topological polar surface area (TPSA) is 62.5 Å². The Labute approximate surface area is 120 Å². The minimum Gasteiger partial charge on any atom is -0.399 e. The lowest BCUT2D eigenvalue weighted by Crippen LogP contribution is -2.41. The van der Waals surface area contributed by atoms with E-state index in [-0.39, 0.29) is 0 Å². The molecule has 1 aliphatic rings. The molecule has 0 spiro atoms. The normalized spacial score (nSPS) is 21.6. The summed E-state index contributed by atoms with van der Waals surface area (Å²) in [5.74, 6) is 0. The van der Waals surface area contributed by atoms with Crippen molar-refractivity contribution < 1.29 is 14.4 Å². The highest BCUT2D eigenvalue weighted by molar-refractivity contribution is 6.63. The van der Waals surface area contributed by atoms with Gasteiger partial charge in [-0.3, -0.25) is 0 Å². The molecular formula is C15H20BNO3. The maximum Gasteiger partial charge on any atom is 0.496 e. The van der Waals surface area contributed by atoms with Crippen LogP contribution < -0.4 is 5.46 Å². The third-order valence-electron chi connectivity index (χ3n) is 4.20. The largest absolute Gasteiger partial charge is 0.496 e. The van der Waals surface area contributed by atoms with Crippen molar-refractivity contribution in [1.29, 1.82) is 5.26 Å². The van der Waals surface area contributed by atoms with Crippen LogP contribution in [0.3, 0.4) is 0 Å². The summed E-state index contributed by atoms with van der Waals surface area (Å²) in [6.45, 7) is 9.52. The molecule has 1 aromatic carbocycles. The van der Waals surface area contributed by atoms with Gasteiger partial charge in [0.2, 0.25) is 0 Å². The predicted molar refractivity (Wildman–Crippen MR) is 77.5 cm³/mol. The van der Waals surface area contributed by atoms with Crippen molar-refractivity contribution in [2.24, 2.45) is 0 Å². The van der Waals surface area contributed by atoms with E-state index in [0.29, 0.717) is 16.6 Å². The lowest BCUT2D eigenvalue weighted by atomic mass is 9.72. The number of aliphatic hydroxyl groups is 1. The molecule has 2 rings (SSSR count). The smallest absolute Gasteiger partial charge is 0.399 e. The molecule has 1 atom stereocenters. The minimum absolute atomic E-state index is 0.474. The van der Waals surface area contributed by atoms with Crippen molar-refractivity contribution in [2.75, 3.05) is 0 Å². The fourth-order valence-electron chi connectivity index (χ4n) is 2.27. The number of hydrogen-bond acceptors (Lipinski definition) is 4. The van der Waals surface area contributed by atoms with Gasteiger partial charge < -0.3 is 14.4 Å². The van der Waals surface area contributed by atoms with Gasteiger partial charge in [0.25, 0.3) is 0 Å². The van der Waals surface area contributed by atoms with Crippen molar-refractivity contribution in [3.05, 3.63) is 29.3 Å². The third kappa shape index (κ3) is 2.35. The molecule has 1 unspecified atom stereocenters. The minimum atomic E-state index is -0.683. The zero-order valence-corrected chi connectivity index (χ0v) is 12.6. The van der Waals surface area contributed by atoms with E-state index in [1.807, 2.05) is 27.7 Å². The van der Waals surface area contributed by atoms with Crippen molar-refractivity contribution in [3.8, 4) is 6.07 Å². The van der Waals surface area contributed by atoms with Crippen LogP contribution in [0.4, 0.5) is 0 Å². The zero-order chi connectivity index (χ0) is 15.1. The van der Waals surface area contributed by atoms with Crippen LogP contribution in [-0.2, 0) is 9.31 Å². The van der Waals surface area contributed by atoms with Gasteiger partial charge in [-0.05, 0) is 46.2 Å². The average Bonchev–Trinajstić information content (AvgIpc) is 2.57. The molecule has 0 aliphatic carbocycles. The van der Waals surface area contributed by atoms with E-state index in [4.69, 9.17) is 9.31 Å². The van der Waals surface area contributed by atoms with Gasteiger partial charge in [-0.25, -0.2) is 0 Å². The van der Waals surface area contributed by atoms with Crippen LogP contribution in [0.1, 0.15) is 51.8 Å². The first-order chi connectivity index (χ1) is 9.19. The van der Waals surface area contributed by atoms with Crippen LogP contribution in [0.15, 0.2) is 18.2 Å². The quantitative estimate of drug-likeness (QED) is 0.836. The number of aliphatic hydroxyl groups excluding tert-OH is 1. The van der Waals surface area contributed by atoms with Gasteiger partial charge >= 0.3 is 7.12 Å². The summed E-state index contributed by atoms with van der Waals surface area (Å²) >= 11 is 0. The fourth-order valence-corrected chi connectivity index (χ4v) is 2.27. The highest BCUT2D eigenvalue weighted by atomic mass is 16.7. The summed E-state index contributed by atoms with van der Waals surface area (Å²) in [6.07, 6.45) is -0.683. The van der Waals surface area contributed by atoms with Gasteiger partial charge in [0.1, 0.15) is 0 Å². The number of nitriles is 1. The molecule has 1 fully saturated rings. The van der Waals surface area contributed by atoms with E-state index in [9.17, 15) is 10.4 Å². The third-order valence-corrected chi connectivity index (χ3v) is 4.20. The molecule has 1 N–H and O–H groups in total. The van der Waals surface area contributed by atoms with E-state index in [2.05, 4.69) is 6.07 Å². The van der Waals surface area contributed by atoms with Crippen molar-refractivity contribution >= 4 is 12.6 Å². The van der Waals surface area contributed by atoms with Crippen LogP contribution >= 0.6 is 0 Å².